The van der Waals surface area contributed by atoms with E-state index in [9.17, 15) is 4.39 Å². The Bertz CT molecular complexity index is 593. The molecule has 2 rings (SSSR count). The second-order valence-electron chi connectivity index (χ2n) is 3.49. The molecule has 1 aromatic heterocycles. The Labute approximate surface area is 112 Å². The zero-order valence-electron chi connectivity index (χ0n) is 9.23. The predicted molar refractivity (Wildman–Crippen MR) is 68.1 cm³/mol. The van der Waals surface area contributed by atoms with Crippen LogP contribution in [0.5, 0.6) is 11.6 Å². The number of benzene rings is 1. The number of hydrogen-bond acceptors (Lipinski definition) is 3. The molecule has 0 aliphatic carbocycles. The number of halogens is 2. The molecule has 0 fully saturated rings. The number of ether oxygens (including phenoxy) is 1. The Hall–Kier alpha value is -1.93. The third kappa shape index (κ3) is 2.84. The van der Waals surface area contributed by atoms with Gasteiger partial charge in [0, 0.05) is 23.7 Å². The average Bonchev–Trinajstić information content (AvgIpc) is 2.40. The van der Waals surface area contributed by atoms with Gasteiger partial charge in [0.2, 0.25) is 5.88 Å². The number of nitrogens with zero attached hydrogens (tertiary/aromatic N) is 2. The SMILES string of the molecule is N#Cc1ccc(Oc2ccc(CBr)cn2)cc1F. The van der Waals surface area contributed by atoms with Crippen LogP contribution >= 0.6 is 15.9 Å². The molecular weight excluding hydrogens is 299 g/mol. The van der Waals surface area contributed by atoms with Gasteiger partial charge in [0.15, 0.2) is 0 Å². The van der Waals surface area contributed by atoms with Gasteiger partial charge in [-0.3, -0.25) is 0 Å². The number of alkyl halides is 1. The minimum atomic E-state index is -0.605. The van der Waals surface area contributed by atoms with Crippen molar-refractivity contribution in [2.75, 3.05) is 0 Å². The summed E-state index contributed by atoms with van der Waals surface area (Å²) < 4.78 is 18.7. The summed E-state index contributed by atoms with van der Waals surface area (Å²) in [6, 6.07) is 9.38. The lowest BCUT2D eigenvalue weighted by Crippen LogP contribution is -1.91. The molecule has 0 aliphatic heterocycles. The predicted octanol–water partition coefficient (Wildman–Crippen LogP) is 3.78. The van der Waals surface area contributed by atoms with Crippen LogP contribution in [0.3, 0.4) is 0 Å². The van der Waals surface area contributed by atoms with Crippen LogP contribution in [0.4, 0.5) is 4.39 Å². The first-order valence-corrected chi connectivity index (χ1v) is 6.23. The van der Waals surface area contributed by atoms with Gasteiger partial charge in [-0.2, -0.15) is 5.26 Å². The molecule has 0 bridgehead atoms. The first-order valence-electron chi connectivity index (χ1n) is 5.11. The molecule has 0 aliphatic rings. The Kier molecular flexibility index (Phi) is 3.90. The summed E-state index contributed by atoms with van der Waals surface area (Å²) in [5, 5.41) is 9.32. The van der Waals surface area contributed by atoms with Crippen LogP contribution < -0.4 is 4.74 Å². The number of hydrogen-bond donors (Lipinski definition) is 0. The van der Waals surface area contributed by atoms with Gasteiger partial charge in [-0.25, -0.2) is 9.37 Å². The van der Waals surface area contributed by atoms with E-state index in [1.807, 2.05) is 6.07 Å². The monoisotopic (exact) mass is 306 g/mol. The molecule has 18 heavy (non-hydrogen) atoms. The molecule has 0 amide bonds. The van der Waals surface area contributed by atoms with Crippen LogP contribution in [0, 0.1) is 17.1 Å². The molecule has 0 N–H and O–H groups in total. The van der Waals surface area contributed by atoms with E-state index in [0.29, 0.717) is 17.0 Å². The smallest absolute Gasteiger partial charge is 0.219 e. The second kappa shape index (κ2) is 5.61. The summed E-state index contributed by atoms with van der Waals surface area (Å²) in [6.45, 7) is 0. The van der Waals surface area contributed by atoms with Gasteiger partial charge in [0.1, 0.15) is 17.6 Å². The van der Waals surface area contributed by atoms with E-state index in [-0.39, 0.29) is 5.56 Å². The lowest BCUT2D eigenvalue weighted by molar-refractivity contribution is 0.457. The molecule has 1 aromatic carbocycles. The lowest BCUT2D eigenvalue weighted by atomic mass is 10.2. The molecule has 0 spiro atoms. The van der Waals surface area contributed by atoms with Crippen molar-refractivity contribution >= 4 is 15.9 Å². The normalized spacial score (nSPS) is 9.83. The Balaban J connectivity index is 2.18. The van der Waals surface area contributed by atoms with Crippen molar-refractivity contribution < 1.29 is 9.13 Å². The van der Waals surface area contributed by atoms with Crippen LogP contribution in [0.15, 0.2) is 36.5 Å². The van der Waals surface area contributed by atoms with E-state index >= 15 is 0 Å². The molecular formula is C13H8BrFN2O. The Morgan fingerprint density at radius 3 is 2.72 bits per heavy atom. The fourth-order valence-corrected chi connectivity index (χ4v) is 1.65. The van der Waals surface area contributed by atoms with Crippen LogP contribution in [0.2, 0.25) is 0 Å². The van der Waals surface area contributed by atoms with Crippen LogP contribution in [0.1, 0.15) is 11.1 Å². The minimum Gasteiger partial charge on any atom is -0.439 e. The van der Waals surface area contributed by atoms with E-state index in [0.717, 1.165) is 5.56 Å². The molecule has 1 heterocycles. The van der Waals surface area contributed by atoms with Gasteiger partial charge in [0.05, 0.1) is 5.56 Å². The highest BCUT2D eigenvalue weighted by molar-refractivity contribution is 9.08. The summed E-state index contributed by atoms with van der Waals surface area (Å²) in [5.74, 6) is 0.0847. The summed E-state index contributed by atoms with van der Waals surface area (Å²) in [7, 11) is 0. The van der Waals surface area contributed by atoms with Crippen LogP contribution in [-0.4, -0.2) is 4.98 Å². The maximum atomic E-state index is 13.3. The van der Waals surface area contributed by atoms with Crippen molar-refractivity contribution in [3.05, 3.63) is 53.5 Å². The molecule has 0 atom stereocenters. The molecule has 0 radical (unpaired) electrons. The van der Waals surface area contributed by atoms with Crippen molar-refractivity contribution in [1.29, 1.82) is 5.26 Å². The van der Waals surface area contributed by atoms with Gasteiger partial charge in [-0.1, -0.05) is 22.0 Å². The number of pyridine rings is 1. The number of nitriles is 1. The van der Waals surface area contributed by atoms with E-state index < -0.39 is 5.82 Å². The van der Waals surface area contributed by atoms with Crippen molar-refractivity contribution in [3.8, 4) is 17.7 Å². The first kappa shape index (κ1) is 12.5. The Morgan fingerprint density at radius 2 is 2.17 bits per heavy atom. The van der Waals surface area contributed by atoms with Crippen molar-refractivity contribution in [1.82, 2.24) is 4.98 Å². The van der Waals surface area contributed by atoms with Gasteiger partial charge in [0.25, 0.3) is 0 Å². The summed E-state index contributed by atoms with van der Waals surface area (Å²) in [5.41, 5.74) is 1.01. The zero-order valence-corrected chi connectivity index (χ0v) is 10.8. The van der Waals surface area contributed by atoms with Gasteiger partial charge >= 0.3 is 0 Å². The highest BCUT2D eigenvalue weighted by Crippen LogP contribution is 2.22. The zero-order chi connectivity index (χ0) is 13.0. The fraction of sp³-hybridized carbons (Fsp3) is 0.0769. The standard InChI is InChI=1S/C13H8BrFN2O/c14-6-9-1-4-13(17-8-9)18-11-3-2-10(7-16)12(15)5-11/h1-5,8H,6H2. The third-order valence-electron chi connectivity index (χ3n) is 2.24. The first-order chi connectivity index (χ1) is 8.72. The Morgan fingerprint density at radius 1 is 1.33 bits per heavy atom. The molecule has 0 saturated carbocycles. The maximum absolute atomic E-state index is 13.3. The van der Waals surface area contributed by atoms with Crippen LogP contribution in [-0.2, 0) is 5.33 Å². The van der Waals surface area contributed by atoms with Gasteiger partial charge in [-0.15, -0.1) is 0 Å². The molecule has 2 aromatic rings. The topological polar surface area (TPSA) is 45.9 Å². The fourth-order valence-electron chi connectivity index (χ4n) is 1.32. The van der Waals surface area contributed by atoms with E-state index in [1.165, 1.54) is 18.2 Å². The number of rotatable bonds is 3. The molecule has 90 valence electrons. The molecule has 0 saturated heterocycles. The second-order valence-corrected chi connectivity index (χ2v) is 4.05. The molecule has 3 nitrogen and oxygen atoms in total. The summed E-state index contributed by atoms with van der Waals surface area (Å²) in [4.78, 5) is 4.08. The third-order valence-corrected chi connectivity index (χ3v) is 2.88. The van der Waals surface area contributed by atoms with Gasteiger partial charge in [-0.05, 0) is 17.7 Å². The minimum absolute atomic E-state index is 0.00931. The van der Waals surface area contributed by atoms with Crippen molar-refractivity contribution in [2.45, 2.75) is 5.33 Å². The quantitative estimate of drug-likeness (QED) is 0.811. The van der Waals surface area contributed by atoms with E-state index in [1.54, 1.807) is 18.3 Å². The highest BCUT2D eigenvalue weighted by Gasteiger charge is 2.05. The maximum Gasteiger partial charge on any atom is 0.219 e. The van der Waals surface area contributed by atoms with Crippen molar-refractivity contribution in [2.24, 2.45) is 0 Å². The van der Waals surface area contributed by atoms with Crippen molar-refractivity contribution in [3.63, 3.8) is 0 Å². The molecule has 0 unspecified atom stereocenters. The van der Waals surface area contributed by atoms with E-state index in [4.69, 9.17) is 10.00 Å². The highest BCUT2D eigenvalue weighted by atomic mass is 79.9. The largest absolute Gasteiger partial charge is 0.439 e. The lowest BCUT2D eigenvalue weighted by Gasteiger charge is -2.05. The van der Waals surface area contributed by atoms with Crippen LogP contribution in [0.25, 0.3) is 0 Å². The van der Waals surface area contributed by atoms with E-state index in [2.05, 4.69) is 20.9 Å². The number of aromatic nitrogens is 1. The van der Waals surface area contributed by atoms with Gasteiger partial charge < -0.3 is 4.74 Å². The summed E-state index contributed by atoms with van der Waals surface area (Å²) in [6.07, 6.45) is 1.67. The summed E-state index contributed by atoms with van der Waals surface area (Å²) >= 11 is 3.31. The average molecular weight is 307 g/mol. The molecule has 5 heteroatoms.